The van der Waals surface area contributed by atoms with Gasteiger partial charge in [0.1, 0.15) is 19.8 Å². The molecule has 1 unspecified atom stereocenters. The van der Waals surface area contributed by atoms with E-state index < -0.39 is 51.6 Å². The molecule has 0 aliphatic carbocycles. The Morgan fingerprint density at radius 2 is 1.02 bits per heavy atom. The SMILES string of the molecule is [2H]C([2H])(/C=C\CCCCC)/C=C\C([2H])([2H])/C=C\C([2H])([2H])/C=C\CCCC(=O)O[C@H](COC(=O)CCCCCCCCCCCCCCCCC)COP(=O)(O)OCC[N+](C)(C)C. The van der Waals surface area contributed by atoms with Gasteiger partial charge in [-0.3, -0.25) is 18.6 Å². The molecule has 0 radical (unpaired) electrons. The molecule has 0 aromatic heterocycles. The molecular formula is C46H85NO8P+. The number of hydrogen-bond donors (Lipinski definition) is 1. The number of rotatable bonds is 40. The Morgan fingerprint density at radius 1 is 0.589 bits per heavy atom. The van der Waals surface area contributed by atoms with E-state index in [0.29, 0.717) is 23.9 Å². The van der Waals surface area contributed by atoms with Crippen LogP contribution < -0.4 is 0 Å². The van der Waals surface area contributed by atoms with Crippen LogP contribution in [0.25, 0.3) is 0 Å². The van der Waals surface area contributed by atoms with Gasteiger partial charge in [0, 0.05) is 21.1 Å². The van der Waals surface area contributed by atoms with Gasteiger partial charge in [-0.2, -0.15) is 0 Å². The number of allylic oxidation sites excluding steroid dienone is 8. The van der Waals surface area contributed by atoms with Crippen LogP contribution in [0, 0.1) is 0 Å². The van der Waals surface area contributed by atoms with Crippen LogP contribution in [0.5, 0.6) is 0 Å². The van der Waals surface area contributed by atoms with Gasteiger partial charge < -0.3 is 18.9 Å². The van der Waals surface area contributed by atoms with Crippen molar-refractivity contribution in [2.75, 3.05) is 47.5 Å². The predicted molar refractivity (Wildman–Crippen MR) is 233 cm³/mol. The summed E-state index contributed by atoms with van der Waals surface area (Å²) >= 11 is 0. The highest BCUT2D eigenvalue weighted by Crippen LogP contribution is 2.43. The maximum absolute atomic E-state index is 12.8. The van der Waals surface area contributed by atoms with Crippen molar-refractivity contribution in [3.63, 3.8) is 0 Å². The lowest BCUT2D eigenvalue weighted by atomic mass is 10.0. The summed E-state index contributed by atoms with van der Waals surface area (Å²) in [6.45, 7) is 3.83. The molecule has 10 heteroatoms. The summed E-state index contributed by atoms with van der Waals surface area (Å²) in [5.74, 6) is -1.13. The Kier molecular flexibility index (Phi) is 29.9. The van der Waals surface area contributed by atoms with Crippen LogP contribution in [0.2, 0.25) is 0 Å². The van der Waals surface area contributed by atoms with Crippen molar-refractivity contribution in [1.82, 2.24) is 0 Å². The van der Waals surface area contributed by atoms with Gasteiger partial charge in [0.25, 0.3) is 0 Å². The minimum Gasteiger partial charge on any atom is -0.462 e. The van der Waals surface area contributed by atoms with Gasteiger partial charge in [-0.05, 0) is 51.2 Å². The highest BCUT2D eigenvalue weighted by molar-refractivity contribution is 7.47. The summed E-state index contributed by atoms with van der Waals surface area (Å²) in [5.41, 5.74) is 0. The van der Waals surface area contributed by atoms with E-state index in [-0.39, 0.29) is 32.5 Å². The third-order valence-corrected chi connectivity index (χ3v) is 9.84. The van der Waals surface area contributed by atoms with Gasteiger partial charge in [0.15, 0.2) is 6.10 Å². The zero-order valence-corrected chi connectivity index (χ0v) is 36.9. The molecule has 326 valence electrons. The summed E-state index contributed by atoms with van der Waals surface area (Å²) < 4.78 is 82.9. The molecule has 0 saturated carbocycles. The maximum atomic E-state index is 12.8. The minimum absolute atomic E-state index is 0.0445. The van der Waals surface area contributed by atoms with E-state index in [0.717, 1.165) is 69.2 Å². The normalized spacial score (nSPS) is 16.4. The molecule has 0 spiro atoms. The summed E-state index contributed by atoms with van der Waals surface area (Å²) in [6, 6.07) is 0. The number of nitrogens with zero attached hydrogens (tertiary/aromatic N) is 1. The maximum Gasteiger partial charge on any atom is 0.472 e. The zero-order chi connectivity index (χ0) is 46.8. The van der Waals surface area contributed by atoms with Gasteiger partial charge in [-0.15, -0.1) is 0 Å². The van der Waals surface area contributed by atoms with Crippen LogP contribution in [0.3, 0.4) is 0 Å². The van der Waals surface area contributed by atoms with Crippen molar-refractivity contribution < 1.29 is 50.3 Å². The molecule has 0 aromatic carbocycles. The Hall–Kier alpha value is -2.03. The molecule has 0 amide bonds. The molecule has 0 saturated heterocycles. The second kappa shape index (κ2) is 38.5. The predicted octanol–water partition coefficient (Wildman–Crippen LogP) is 12.7. The molecule has 2 atom stereocenters. The van der Waals surface area contributed by atoms with E-state index in [4.69, 9.17) is 26.7 Å². The number of unbranched alkanes of at least 4 members (excludes halogenated alkanes) is 18. The summed E-state index contributed by atoms with van der Waals surface area (Å²) in [4.78, 5) is 35.5. The molecule has 0 bridgehead atoms. The number of ether oxygens (including phenoxy) is 2. The first-order valence-electron chi connectivity index (χ1n) is 24.6. The van der Waals surface area contributed by atoms with Crippen molar-refractivity contribution in [3.8, 4) is 0 Å². The van der Waals surface area contributed by atoms with Crippen molar-refractivity contribution in [2.45, 2.75) is 187 Å². The minimum atomic E-state index is -4.49. The first kappa shape index (κ1) is 43.5. The number of esters is 2. The van der Waals surface area contributed by atoms with Crippen LogP contribution in [0.1, 0.15) is 189 Å². The van der Waals surface area contributed by atoms with Crippen LogP contribution in [-0.4, -0.2) is 74.9 Å². The van der Waals surface area contributed by atoms with E-state index in [9.17, 15) is 19.0 Å². The lowest BCUT2D eigenvalue weighted by Crippen LogP contribution is -2.37. The van der Waals surface area contributed by atoms with E-state index >= 15 is 0 Å². The number of phosphoric ester groups is 1. The van der Waals surface area contributed by atoms with E-state index in [2.05, 4.69) is 13.8 Å². The zero-order valence-electron chi connectivity index (χ0n) is 42.0. The van der Waals surface area contributed by atoms with Gasteiger partial charge in [0.2, 0.25) is 0 Å². The van der Waals surface area contributed by atoms with Crippen LogP contribution in [0.4, 0.5) is 0 Å². The van der Waals surface area contributed by atoms with Crippen molar-refractivity contribution in [3.05, 3.63) is 48.6 Å². The number of quaternary nitrogens is 1. The molecule has 1 N–H and O–H groups in total. The lowest BCUT2D eigenvalue weighted by molar-refractivity contribution is -0.870. The average molecular weight is 817 g/mol. The smallest absolute Gasteiger partial charge is 0.462 e. The van der Waals surface area contributed by atoms with Crippen LogP contribution >= 0.6 is 7.82 Å². The second-order valence-corrected chi connectivity index (χ2v) is 16.9. The van der Waals surface area contributed by atoms with Crippen LogP contribution in [-0.2, 0) is 32.7 Å². The van der Waals surface area contributed by atoms with E-state index in [1.807, 2.05) is 21.1 Å². The molecule has 0 aromatic rings. The van der Waals surface area contributed by atoms with Crippen molar-refractivity contribution >= 4 is 19.8 Å². The standard InChI is InChI=1S/C46H84NO8P/c1-6-8-10-12-14-16-18-20-22-23-25-27-29-31-33-35-37-39-46(49)55-44(43-54-56(50,51)53-41-40-47(3,4)5)42-52-45(48)38-36-34-32-30-28-26-24-21-19-17-15-13-11-9-7-2/h14,16,20,22,25,27,31,33,44H,6-13,15,17-19,21,23-24,26,28-30,32,34-43H2,1-5H3/p+1/b16-14-,22-20-,27-25-,33-31-/t44-/m1/s1/i18D2,23D2,29D2. The number of carbonyl (C=O) groups excluding carboxylic acids is 2. The molecular weight excluding hydrogens is 725 g/mol. The number of carbonyl (C=O) groups is 2. The first-order valence-corrected chi connectivity index (χ1v) is 23.1. The van der Waals surface area contributed by atoms with Crippen molar-refractivity contribution in [1.29, 1.82) is 0 Å². The lowest BCUT2D eigenvalue weighted by Gasteiger charge is -2.24. The monoisotopic (exact) mass is 817 g/mol. The number of hydrogen-bond acceptors (Lipinski definition) is 7. The fourth-order valence-corrected chi connectivity index (χ4v) is 6.18. The molecule has 0 heterocycles. The Bertz CT molecular complexity index is 1350. The summed E-state index contributed by atoms with van der Waals surface area (Å²) in [6.07, 6.45) is 25.8. The molecule has 0 fully saturated rings. The highest BCUT2D eigenvalue weighted by atomic mass is 31.2. The number of phosphoric acid groups is 1. The molecule has 56 heavy (non-hydrogen) atoms. The fraction of sp³-hybridized carbons (Fsp3) is 0.783. The second-order valence-electron chi connectivity index (χ2n) is 15.5. The topological polar surface area (TPSA) is 108 Å². The number of likely N-dealkylation sites (N-methyl/N-ethyl adjacent to an activating group) is 1. The molecule has 9 nitrogen and oxygen atoms in total. The summed E-state index contributed by atoms with van der Waals surface area (Å²) in [7, 11) is 1.22. The molecule has 0 rings (SSSR count). The van der Waals surface area contributed by atoms with Gasteiger partial charge >= 0.3 is 19.8 Å². The van der Waals surface area contributed by atoms with Crippen LogP contribution in [0.15, 0.2) is 48.6 Å². The Labute approximate surface area is 352 Å². The largest absolute Gasteiger partial charge is 0.472 e. The summed E-state index contributed by atoms with van der Waals surface area (Å²) in [5, 5.41) is 0. The van der Waals surface area contributed by atoms with E-state index in [1.165, 1.54) is 88.9 Å². The average Bonchev–Trinajstić information content (AvgIpc) is 3.18. The Morgan fingerprint density at radius 3 is 1.52 bits per heavy atom. The fourth-order valence-electron chi connectivity index (χ4n) is 5.44. The highest BCUT2D eigenvalue weighted by Gasteiger charge is 2.27. The molecule has 0 aliphatic rings. The van der Waals surface area contributed by atoms with Gasteiger partial charge in [0.05, 0.1) is 27.7 Å². The van der Waals surface area contributed by atoms with Crippen molar-refractivity contribution in [2.24, 2.45) is 0 Å². The van der Waals surface area contributed by atoms with E-state index in [1.54, 1.807) is 6.08 Å². The van der Waals surface area contributed by atoms with Gasteiger partial charge in [-0.1, -0.05) is 165 Å². The first-order chi connectivity index (χ1) is 29.1. The third-order valence-electron chi connectivity index (χ3n) is 8.86. The van der Waals surface area contributed by atoms with Gasteiger partial charge in [-0.25, -0.2) is 4.57 Å². The quantitative estimate of drug-likeness (QED) is 0.0214. The molecule has 0 aliphatic heterocycles. The Balaban J connectivity index is 4.91. The third kappa shape index (κ3) is 41.6.